The Labute approximate surface area is 137 Å². The Hall–Kier alpha value is -1.72. The fourth-order valence-electron chi connectivity index (χ4n) is 2.79. The van der Waals surface area contributed by atoms with E-state index in [1.807, 2.05) is 35.0 Å². The summed E-state index contributed by atoms with van der Waals surface area (Å²) in [4.78, 5) is 27.0. The highest BCUT2D eigenvalue weighted by Crippen LogP contribution is 2.42. The average molecular weight is 332 g/mol. The molecular weight excluding hydrogens is 316 g/mol. The van der Waals surface area contributed by atoms with E-state index in [1.54, 1.807) is 35.7 Å². The minimum absolute atomic E-state index is 0.131. The molecule has 0 N–H and O–H groups in total. The van der Waals surface area contributed by atoms with E-state index in [9.17, 15) is 9.59 Å². The van der Waals surface area contributed by atoms with E-state index in [1.165, 1.54) is 0 Å². The molecule has 22 heavy (non-hydrogen) atoms. The summed E-state index contributed by atoms with van der Waals surface area (Å²) in [6, 6.07) is 7.94. The van der Waals surface area contributed by atoms with Crippen LogP contribution in [0.1, 0.15) is 29.0 Å². The first-order valence-electron chi connectivity index (χ1n) is 7.19. The monoisotopic (exact) mass is 332 g/mol. The molecule has 0 saturated heterocycles. The number of thiophene rings is 2. The normalized spacial score (nSPS) is 21.5. The second-order valence-corrected chi connectivity index (χ2v) is 7.03. The van der Waals surface area contributed by atoms with Crippen molar-refractivity contribution in [3.63, 3.8) is 0 Å². The topological polar surface area (TPSA) is 43.4 Å². The number of carbonyl (C=O) groups excluding carboxylic acids is 2. The maximum absolute atomic E-state index is 12.6. The van der Waals surface area contributed by atoms with Gasteiger partial charge in [-0.25, -0.2) is 0 Å². The SMILES string of the molecule is CCOC(=O)[C@@H]1C(=O)C=C(c2cccs2)C[C@@H]1c1cccs1. The summed E-state index contributed by atoms with van der Waals surface area (Å²) in [7, 11) is 0. The molecule has 0 bridgehead atoms. The summed E-state index contributed by atoms with van der Waals surface area (Å²) < 4.78 is 5.12. The lowest BCUT2D eigenvalue weighted by Gasteiger charge is -2.28. The number of ether oxygens (including phenoxy) is 1. The van der Waals surface area contributed by atoms with Crippen LogP contribution in [0.3, 0.4) is 0 Å². The van der Waals surface area contributed by atoms with Crippen molar-refractivity contribution in [3.05, 3.63) is 50.9 Å². The zero-order valence-electron chi connectivity index (χ0n) is 12.2. The van der Waals surface area contributed by atoms with Crippen LogP contribution in [0, 0.1) is 5.92 Å². The van der Waals surface area contributed by atoms with Gasteiger partial charge in [-0.15, -0.1) is 22.7 Å². The van der Waals surface area contributed by atoms with Gasteiger partial charge < -0.3 is 4.74 Å². The number of esters is 1. The van der Waals surface area contributed by atoms with Crippen molar-refractivity contribution >= 4 is 40.0 Å². The molecule has 2 aromatic heterocycles. The number of hydrogen-bond acceptors (Lipinski definition) is 5. The fourth-order valence-corrected chi connectivity index (χ4v) is 4.41. The molecule has 2 heterocycles. The van der Waals surface area contributed by atoms with Crippen molar-refractivity contribution in [3.8, 4) is 0 Å². The van der Waals surface area contributed by atoms with Crippen LogP contribution in [0.5, 0.6) is 0 Å². The van der Waals surface area contributed by atoms with Gasteiger partial charge >= 0.3 is 5.97 Å². The predicted molar refractivity (Wildman–Crippen MR) is 89.1 cm³/mol. The van der Waals surface area contributed by atoms with Crippen LogP contribution in [0.4, 0.5) is 0 Å². The summed E-state index contributed by atoms with van der Waals surface area (Å²) in [5, 5.41) is 3.98. The third-order valence-corrected chi connectivity index (χ3v) is 5.70. The van der Waals surface area contributed by atoms with Gasteiger partial charge in [-0.2, -0.15) is 0 Å². The van der Waals surface area contributed by atoms with E-state index >= 15 is 0 Å². The summed E-state index contributed by atoms with van der Waals surface area (Å²) in [5.74, 6) is -1.41. The first-order valence-corrected chi connectivity index (χ1v) is 8.95. The molecule has 0 radical (unpaired) electrons. The average Bonchev–Trinajstić information content (AvgIpc) is 3.20. The van der Waals surface area contributed by atoms with Gasteiger partial charge in [-0.3, -0.25) is 9.59 Å². The molecule has 0 aliphatic heterocycles. The van der Waals surface area contributed by atoms with Crippen LogP contribution in [0.15, 0.2) is 41.1 Å². The van der Waals surface area contributed by atoms with Crippen molar-refractivity contribution in [2.45, 2.75) is 19.3 Å². The molecule has 0 amide bonds. The van der Waals surface area contributed by atoms with Gasteiger partial charge in [-0.05, 0) is 47.9 Å². The van der Waals surface area contributed by atoms with Gasteiger partial charge in [0.05, 0.1) is 6.61 Å². The minimum atomic E-state index is -0.720. The van der Waals surface area contributed by atoms with E-state index < -0.39 is 11.9 Å². The van der Waals surface area contributed by atoms with Crippen LogP contribution < -0.4 is 0 Å². The molecule has 0 aromatic carbocycles. The van der Waals surface area contributed by atoms with Crippen LogP contribution in [0.2, 0.25) is 0 Å². The predicted octanol–water partition coefficient (Wildman–Crippen LogP) is 4.13. The van der Waals surface area contributed by atoms with Gasteiger partial charge in [0.2, 0.25) is 0 Å². The molecule has 114 valence electrons. The van der Waals surface area contributed by atoms with Crippen molar-refractivity contribution in [2.24, 2.45) is 5.92 Å². The van der Waals surface area contributed by atoms with E-state index in [2.05, 4.69) is 0 Å². The Morgan fingerprint density at radius 2 is 2.05 bits per heavy atom. The molecule has 5 heteroatoms. The summed E-state index contributed by atoms with van der Waals surface area (Å²) in [6.45, 7) is 2.06. The molecule has 1 aliphatic rings. The van der Waals surface area contributed by atoms with Crippen molar-refractivity contribution in [1.29, 1.82) is 0 Å². The Kier molecular flexibility index (Phi) is 4.55. The summed E-state index contributed by atoms with van der Waals surface area (Å²) in [6.07, 6.45) is 2.31. The second-order valence-electron chi connectivity index (χ2n) is 5.11. The lowest BCUT2D eigenvalue weighted by molar-refractivity contribution is -0.151. The van der Waals surface area contributed by atoms with Crippen molar-refractivity contribution in [1.82, 2.24) is 0 Å². The highest BCUT2D eigenvalue weighted by atomic mass is 32.1. The minimum Gasteiger partial charge on any atom is -0.465 e. The Bertz CT molecular complexity index is 684. The van der Waals surface area contributed by atoms with Crippen LogP contribution in [-0.4, -0.2) is 18.4 Å². The molecule has 3 nitrogen and oxygen atoms in total. The number of allylic oxidation sites excluding steroid dienone is 2. The molecule has 0 spiro atoms. The highest BCUT2D eigenvalue weighted by Gasteiger charge is 2.40. The largest absolute Gasteiger partial charge is 0.465 e. The molecule has 0 unspecified atom stereocenters. The number of ketones is 1. The number of rotatable bonds is 4. The van der Waals surface area contributed by atoms with Gasteiger partial charge in [0.15, 0.2) is 5.78 Å². The lowest BCUT2D eigenvalue weighted by Crippen LogP contribution is -2.33. The van der Waals surface area contributed by atoms with E-state index in [0.717, 1.165) is 15.3 Å². The standard InChI is InChI=1S/C17H16O3S2/c1-2-20-17(19)16-12(15-6-4-8-22-15)9-11(10-13(16)18)14-5-3-7-21-14/h3-8,10,12,16H,2,9H2,1H3/t12-,16+/m1/s1. The quantitative estimate of drug-likeness (QED) is 0.624. The third-order valence-electron chi connectivity index (χ3n) is 3.75. The lowest BCUT2D eigenvalue weighted by atomic mass is 9.77. The molecule has 2 atom stereocenters. The Morgan fingerprint density at radius 3 is 2.68 bits per heavy atom. The smallest absolute Gasteiger partial charge is 0.317 e. The Balaban J connectivity index is 1.98. The molecule has 0 fully saturated rings. The maximum atomic E-state index is 12.6. The second kappa shape index (κ2) is 6.58. The van der Waals surface area contributed by atoms with Gasteiger partial charge in [0.25, 0.3) is 0 Å². The zero-order valence-corrected chi connectivity index (χ0v) is 13.8. The molecule has 3 rings (SSSR count). The number of carbonyl (C=O) groups is 2. The van der Waals surface area contributed by atoms with Gasteiger partial charge in [0, 0.05) is 15.7 Å². The molecule has 2 aromatic rings. The first kappa shape index (κ1) is 15.2. The zero-order chi connectivity index (χ0) is 15.5. The first-order chi connectivity index (χ1) is 10.7. The fraction of sp³-hybridized carbons (Fsp3) is 0.294. The summed E-state index contributed by atoms with van der Waals surface area (Å²) in [5.41, 5.74) is 1.01. The van der Waals surface area contributed by atoms with Gasteiger partial charge in [0.1, 0.15) is 5.92 Å². The van der Waals surface area contributed by atoms with E-state index in [-0.39, 0.29) is 11.7 Å². The van der Waals surface area contributed by atoms with Crippen molar-refractivity contribution < 1.29 is 14.3 Å². The van der Waals surface area contributed by atoms with E-state index in [0.29, 0.717) is 13.0 Å². The number of hydrogen-bond donors (Lipinski definition) is 0. The summed E-state index contributed by atoms with van der Waals surface area (Å²) >= 11 is 3.20. The Morgan fingerprint density at radius 1 is 1.27 bits per heavy atom. The molecule has 1 aliphatic carbocycles. The van der Waals surface area contributed by atoms with Crippen LogP contribution in [0.25, 0.3) is 5.57 Å². The maximum Gasteiger partial charge on any atom is 0.317 e. The molecular formula is C17H16O3S2. The van der Waals surface area contributed by atoms with Crippen LogP contribution >= 0.6 is 22.7 Å². The van der Waals surface area contributed by atoms with Crippen LogP contribution in [-0.2, 0) is 14.3 Å². The highest BCUT2D eigenvalue weighted by molar-refractivity contribution is 7.11. The third kappa shape index (κ3) is 2.91. The van der Waals surface area contributed by atoms with Gasteiger partial charge in [-0.1, -0.05) is 12.1 Å². The van der Waals surface area contributed by atoms with Crippen molar-refractivity contribution in [2.75, 3.05) is 6.61 Å². The van der Waals surface area contributed by atoms with E-state index in [4.69, 9.17) is 4.74 Å². The molecule has 0 saturated carbocycles.